The molecule has 0 radical (unpaired) electrons. The number of aromatic nitrogens is 1. The van der Waals surface area contributed by atoms with E-state index < -0.39 is 0 Å². The van der Waals surface area contributed by atoms with Crippen molar-refractivity contribution in [2.24, 2.45) is 0 Å². The van der Waals surface area contributed by atoms with Crippen molar-refractivity contribution in [3.05, 3.63) is 118 Å². The number of nitriles is 1. The van der Waals surface area contributed by atoms with Crippen LogP contribution in [0.15, 0.2) is 89.7 Å². The van der Waals surface area contributed by atoms with E-state index in [0.717, 1.165) is 52.9 Å². The highest BCUT2D eigenvalue weighted by molar-refractivity contribution is 5.78. The zero-order valence-corrected chi connectivity index (χ0v) is 19.7. The molecular formula is C30H29N3O. The van der Waals surface area contributed by atoms with Crippen LogP contribution in [0.4, 0.5) is 5.69 Å². The third-order valence-corrected chi connectivity index (χ3v) is 6.06. The maximum atomic E-state index is 14.0. The van der Waals surface area contributed by atoms with E-state index in [1.165, 1.54) is 0 Å². The Labute approximate surface area is 201 Å². The summed E-state index contributed by atoms with van der Waals surface area (Å²) in [5.74, 6) is 0. The quantitative estimate of drug-likeness (QED) is 0.329. The van der Waals surface area contributed by atoms with Crippen LogP contribution in [0.3, 0.4) is 0 Å². The van der Waals surface area contributed by atoms with Crippen LogP contribution >= 0.6 is 0 Å². The first-order valence-electron chi connectivity index (χ1n) is 11.8. The summed E-state index contributed by atoms with van der Waals surface area (Å²) in [6, 6.07) is 29.9. The summed E-state index contributed by atoms with van der Waals surface area (Å²) in [6.07, 6.45) is 2.84. The van der Waals surface area contributed by atoms with E-state index >= 15 is 0 Å². The third-order valence-electron chi connectivity index (χ3n) is 6.06. The molecule has 1 aromatic heterocycles. The van der Waals surface area contributed by atoms with E-state index in [-0.39, 0.29) is 5.56 Å². The van der Waals surface area contributed by atoms with Gasteiger partial charge in [0.15, 0.2) is 0 Å². The second kappa shape index (κ2) is 10.7. The minimum atomic E-state index is -0.0658. The number of nitrogens with zero attached hydrogens (tertiary/aromatic N) is 2. The van der Waals surface area contributed by atoms with Gasteiger partial charge in [-0.15, -0.1) is 0 Å². The molecule has 0 spiro atoms. The molecular weight excluding hydrogens is 418 g/mol. The lowest BCUT2D eigenvalue weighted by Gasteiger charge is -2.20. The molecule has 1 N–H and O–H groups in total. The summed E-state index contributed by atoms with van der Waals surface area (Å²) in [4.78, 5) is 14.0. The average molecular weight is 448 g/mol. The fraction of sp³-hybridized carbons (Fsp3) is 0.200. The van der Waals surface area contributed by atoms with E-state index in [2.05, 4.69) is 24.4 Å². The highest BCUT2D eigenvalue weighted by Gasteiger charge is 2.18. The van der Waals surface area contributed by atoms with Crippen molar-refractivity contribution in [3.63, 3.8) is 0 Å². The molecule has 34 heavy (non-hydrogen) atoms. The number of nitrogens with one attached hydrogen (secondary N) is 1. The lowest BCUT2D eigenvalue weighted by Crippen LogP contribution is -2.27. The third kappa shape index (κ3) is 4.79. The Morgan fingerprint density at radius 3 is 2.32 bits per heavy atom. The fourth-order valence-corrected chi connectivity index (χ4v) is 4.32. The monoisotopic (exact) mass is 447 g/mol. The maximum absolute atomic E-state index is 14.0. The zero-order valence-electron chi connectivity index (χ0n) is 19.7. The Kier molecular flexibility index (Phi) is 7.25. The molecule has 0 amide bonds. The van der Waals surface area contributed by atoms with Crippen LogP contribution in [0.25, 0.3) is 16.8 Å². The Hall–Kier alpha value is -4.10. The topological polar surface area (TPSA) is 57.8 Å². The highest BCUT2D eigenvalue weighted by atomic mass is 16.1. The summed E-state index contributed by atoms with van der Waals surface area (Å²) in [6.45, 7) is 4.72. The molecule has 0 unspecified atom stereocenters. The molecule has 4 nitrogen and oxygen atoms in total. The Morgan fingerprint density at radius 2 is 1.59 bits per heavy atom. The molecule has 0 aliphatic heterocycles. The highest BCUT2D eigenvalue weighted by Crippen LogP contribution is 2.30. The molecule has 3 aromatic carbocycles. The summed E-state index contributed by atoms with van der Waals surface area (Å²) < 4.78 is 1.83. The first kappa shape index (κ1) is 23.1. The van der Waals surface area contributed by atoms with Gasteiger partial charge < -0.3 is 5.32 Å². The standard InChI is InChI=1S/C30H29N3O/c1-3-4-15-25-19-22(2)29(32-21-23-12-6-5-7-13-23)30(34)33(25)28-18-11-10-17-27(28)26-16-9-8-14-24(26)20-31/h5-14,16-19,32H,3-4,15,21H2,1-2H3. The summed E-state index contributed by atoms with van der Waals surface area (Å²) in [5, 5.41) is 13.1. The molecule has 0 saturated carbocycles. The van der Waals surface area contributed by atoms with E-state index in [1.807, 2.05) is 90.4 Å². The van der Waals surface area contributed by atoms with Gasteiger partial charge in [-0.25, -0.2) is 0 Å². The molecule has 4 rings (SSSR count). The van der Waals surface area contributed by atoms with Gasteiger partial charge in [0.05, 0.1) is 17.3 Å². The van der Waals surface area contributed by atoms with Crippen molar-refractivity contribution in [3.8, 4) is 22.9 Å². The van der Waals surface area contributed by atoms with Crippen molar-refractivity contribution in [2.75, 3.05) is 5.32 Å². The van der Waals surface area contributed by atoms with Gasteiger partial charge in [0.1, 0.15) is 5.69 Å². The Balaban J connectivity index is 1.89. The normalized spacial score (nSPS) is 10.6. The number of aryl methyl sites for hydroxylation is 2. The summed E-state index contributed by atoms with van der Waals surface area (Å²) in [5.41, 5.74) is 6.67. The van der Waals surface area contributed by atoms with Crippen LogP contribution in [0.5, 0.6) is 0 Å². The van der Waals surface area contributed by atoms with Gasteiger partial charge >= 0.3 is 0 Å². The number of unbranched alkanes of at least 4 members (excludes halogenated alkanes) is 1. The lowest BCUT2D eigenvalue weighted by atomic mass is 9.98. The molecule has 4 aromatic rings. The van der Waals surface area contributed by atoms with Crippen LogP contribution in [-0.2, 0) is 13.0 Å². The van der Waals surface area contributed by atoms with E-state index in [4.69, 9.17) is 0 Å². The average Bonchev–Trinajstić information content (AvgIpc) is 2.88. The van der Waals surface area contributed by atoms with E-state index in [1.54, 1.807) is 0 Å². The zero-order chi connectivity index (χ0) is 23.9. The van der Waals surface area contributed by atoms with Crippen LogP contribution < -0.4 is 10.9 Å². The maximum Gasteiger partial charge on any atom is 0.278 e. The Bertz CT molecular complexity index is 1380. The van der Waals surface area contributed by atoms with Gasteiger partial charge in [-0.3, -0.25) is 9.36 Å². The SMILES string of the molecule is CCCCc1cc(C)c(NCc2ccccc2)c(=O)n1-c1ccccc1-c1ccccc1C#N. The molecule has 1 heterocycles. The number of rotatable bonds is 8. The fourth-order valence-electron chi connectivity index (χ4n) is 4.32. The molecule has 4 heteroatoms. The van der Waals surface area contributed by atoms with Gasteiger partial charge in [0.25, 0.3) is 5.56 Å². The van der Waals surface area contributed by atoms with Gasteiger partial charge in [-0.1, -0.05) is 80.1 Å². The second-order valence-corrected chi connectivity index (χ2v) is 8.45. The van der Waals surface area contributed by atoms with E-state index in [0.29, 0.717) is 17.8 Å². The summed E-state index contributed by atoms with van der Waals surface area (Å²) in [7, 11) is 0. The van der Waals surface area contributed by atoms with Crippen molar-refractivity contribution >= 4 is 5.69 Å². The number of hydrogen-bond acceptors (Lipinski definition) is 3. The van der Waals surface area contributed by atoms with Crippen LogP contribution in [-0.4, -0.2) is 4.57 Å². The predicted octanol–water partition coefficient (Wildman–Crippen LogP) is 6.64. The minimum absolute atomic E-state index is 0.0658. The van der Waals surface area contributed by atoms with Crippen molar-refractivity contribution in [1.29, 1.82) is 5.26 Å². The van der Waals surface area contributed by atoms with Gasteiger partial charge in [0, 0.05) is 23.4 Å². The first-order valence-corrected chi connectivity index (χ1v) is 11.8. The molecule has 0 atom stereocenters. The second-order valence-electron chi connectivity index (χ2n) is 8.45. The number of benzene rings is 3. The van der Waals surface area contributed by atoms with Gasteiger partial charge in [-0.2, -0.15) is 5.26 Å². The van der Waals surface area contributed by atoms with Crippen molar-refractivity contribution in [2.45, 2.75) is 39.7 Å². The van der Waals surface area contributed by atoms with Crippen molar-refractivity contribution in [1.82, 2.24) is 4.57 Å². The molecule has 170 valence electrons. The van der Waals surface area contributed by atoms with Crippen LogP contribution in [0.2, 0.25) is 0 Å². The number of anilines is 1. The smallest absolute Gasteiger partial charge is 0.278 e. The number of para-hydroxylation sites is 1. The molecule has 0 aliphatic rings. The number of hydrogen-bond donors (Lipinski definition) is 1. The minimum Gasteiger partial charge on any atom is -0.376 e. The largest absolute Gasteiger partial charge is 0.376 e. The van der Waals surface area contributed by atoms with Crippen LogP contribution in [0, 0.1) is 18.3 Å². The number of pyridine rings is 1. The molecule has 0 bridgehead atoms. The predicted molar refractivity (Wildman–Crippen MR) is 139 cm³/mol. The Morgan fingerprint density at radius 1 is 0.912 bits per heavy atom. The molecule has 0 fully saturated rings. The first-order chi connectivity index (χ1) is 16.6. The van der Waals surface area contributed by atoms with Crippen LogP contribution in [0.1, 0.15) is 42.1 Å². The lowest BCUT2D eigenvalue weighted by molar-refractivity contribution is 0.743. The van der Waals surface area contributed by atoms with Gasteiger partial charge in [-0.05, 0) is 49.1 Å². The van der Waals surface area contributed by atoms with Crippen molar-refractivity contribution < 1.29 is 0 Å². The van der Waals surface area contributed by atoms with Gasteiger partial charge in [0.2, 0.25) is 0 Å². The molecule has 0 aliphatic carbocycles. The molecule has 0 saturated heterocycles. The van der Waals surface area contributed by atoms with E-state index in [9.17, 15) is 10.1 Å². The summed E-state index contributed by atoms with van der Waals surface area (Å²) >= 11 is 0.